The summed E-state index contributed by atoms with van der Waals surface area (Å²) in [5.74, 6) is 2.69. The SMILES string of the molecule is O=C(N1CC(Oc2ccccc2-c2nc(C3CC3)no2)C1)C1(c2ccccc2)CC1. The van der Waals surface area contributed by atoms with Crippen molar-refractivity contribution in [2.45, 2.75) is 43.1 Å². The molecule has 6 nitrogen and oxygen atoms in total. The molecule has 0 radical (unpaired) electrons. The van der Waals surface area contributed by atoms with Crippen molar-refractivity contribution in [1.82, 2.24) is 15.0 Å². The van der Waals surface area contributed by atoms with Gasteiger partial charge in [-0.1, -0.05) is 47.6 Å². The Morgan fingerprint density at radius 2 is 1.77 bits per heavy atom. The summed E-state index contributed by atoms with van der Waals surface area (Å²) in [6.45, 7) is 1.22. The Morgan fingerprint density at radius 1 is 1.03 bits per heavy atom. The second-order valence-corrected chi connectivity index (χ2v) is 8.63. The van der Waals surface area contributed by atoms with E-state index in [-0.39, 0.29) is 17.4 Å². The van der Waals surface area contributed by atoms with Crippen LogP contribution in [0.15, 0.2) is 59.1 Å². The molecule has 1 saturated heterocycles. The summed E-state index contributed by atoms with van der Waals surface area (Å²) in [5, 5.41) is 4.11. The summed E-state index contributed by atoms with van der Waals surface area (Å²) in [7, 11) is 0. The summed E-state index contributed by atoms with van der Waals surface area (Å²) in [5.41, 5.74) is 1.63. The average molecular weight is 401 g/mol. The number of likely N-dealkylation sites (tertiary alicyclic amines) is 1. The molecule has 1 aromatic heterocycles. The van der Waals surface area contributed by atoms with Crippen molar-refractivity contribution in [2.24, 2.45) is 0 Å². The molecule has 2 heterocycles. The van der Waals surface area contributed by atoms with Crippen molar-refractivity contribution in [3.63, 3.8) is 0 Å². The second-order valence-electron chi connectivity index (χ2n) is 8.63. The number of carbonyl (C=O) groups excluding carboxylic acids is 1. The predicted octanol–water partition coefficient (Wildman–Crippen LogP) is 3.94. The minimum absolute atomic E-state index is 0.0208. The van der Waals surface area contributed by atoms with Gasteiger partial charge in [0.15, 0.2) is 5.82 Å². The Labute approximate surface area is 174 Å². The van der Waals surface area contributed by atoms with E-state index in [0.717, 1.165) is 48.4 Å². The quantitative estimate of drug-likeness (QED) is 0.626. The molecule has 152 valence electrons. The zero-order valence-electron chi connectivity index (χ0n) is 16.7. The van der Waals surface area contributed by atoms with E-state index in [4.69, 9.17) is 9.26 Å². The van der Waals surface area contributed by atoms with E-state index in [9.17, 15) is 4.79 Å². The largest absolute Gasteiger partial charge is 0.486 e. The van der Waals surface area contributed by atoms with Crippen LogP contribution in [-0.2, 0) is 10.2 Å². The van der Waals surface area contributed by atoms with Crippen molar-refractivity contribution in [2.75, 3.05) is 13.1 Å². The molecule has 1 aliphatic heterocycles. The van der Waals surface area contributed by atoms with Gasteiger partial charge in [0.25, 0.3) is 5.89 Å². The van der Waals surface area contributed by atoms with Gasteiger partial charge in [-0.05, 0) is 43.4 Å². The molecule has 0 atom stereocenters. The first-order valence-electron chi connectivity index (χ1n) is 10.7. The van der Waals surface area contributed by atoms with Gasteiger partial charge in [0.1, 0.15) is 11.9 Å². The highest BCUT2D eigenvalue weighted by molar-refractivity contribution is 5.92. The lowest BCUT2D eigenvalue weighted by Crippen LogP contribution is -2.58. The van der Waals surface area contributed by atoms with Gasteiger partial charge in [-0.2, -0.15) is 4.98 Å². The molecular formula is C24H23N3O3. The van der Waals surface area contributed by atoms with Gasteiger partial charge < -0.3 is 14.2 Å². The van der Waals surface area contributed by atoms with Gasteiger partial charge in [0.2, 0.25) is 5.91 Å². The third-order valence-electron chi connectivity index (χ3n) is 6.42. The predicted molar refractivity (Wildman–Crippen MR) is 110 cm³/mol. The van der Waals surface area contributed by atoms with Crippen LogP contribution in [0, 0.1) is 0 Å². The second kappa shape index (κ2) is 6.69. The van der Waals surface area contributed by atoms with Crippen molar-refractivity contribution in [3.05, 3.63) is 66.0 Å². The molecule has 0 N–H and O–H groups in total. The fourth-order valence-electron chi connectivity index (χ4n) is 4.27. The molecule has 0 unspecified atom stereocenters. The van der Waals surface area contributed by atoms with Crippen LogP contribution in [0.3, 0.4) is 0 Å². The Hall–Kier alpha value is -3.15. The standard InChI is InChI=1S/C24H23N3O3/c28-23(24(12-13-24)17-6-2-1-3-7-17)27-14-18(15-27)29-20-9-5-4-8-19(20)22-25-21(26-30-22)16-10-11-16/h1-9,16,18H,10-15H2. The van der Waals surface area contributed by atoms with E-state index in [2.05, 4.69) is 22.3 Å². The van der Waals surface area contributed by atoms with Crippen LogP contribution in [-0.4, -0.2) is 40.1 Å². The van der Waals surface area contributed by atoms with Gasteiger partial charge in [-0.15, -0.1) is 0 Å². The number of benzene rings is 2. The van der Waals surface area contributed by atoms with Crippen molar-refractivity contribution >= 4 is 5.91 Å². The molecule has 30 heavy (non-hydrogen) atoms. The molecule has 0 bridgehead atoms. The van der Waals surface area contributed by atoms with E-state index in [1.54, 1.807) is 0 Å². The molecule has 2 aliphatic carbocycles. The highest BCUT2D eigenvalue weighted by Crippen LogP contribution is 2.50. The number of ether oxygens (including phenoxy) is 1. The van der Waals surface area contributed by atoms with Gasteiger partial charge >= 0.3 is 0 Å². The van der Waals surface area contributed by atoms with Crippen molar-refractivity contribution < 1.29 is 14.1 Å². The molecule has 0 spiro atoms. The van der Waals surface area contributed by atoms with E-state index in [1.807, 2.05) is 47.4 Å². The molecule has 3 fully saturated rings. The maximum atomic E-state index is 13.1. The number of rotatable bonds is 6. The van der Waals surface area contributed by atoms with Crippen LogP contribution in [0.1, 0.15) is 43.0 Å². The Kier molecular flexibility index (Phi) is 3.94. The molecule has 1 amide bonds. The minimum Gasteiger partial charge on any atom is -0.486 e. The van der Waals surface area contributed by atoms with Crippen LogP contribution in [0.25, 0.3) is 11.5 Å². The monoisotopic (exact) mass is 401 g/mol. The Morgan fingerprint density at radius 3 is 2.50 bits per heavy atom. The Balaban J connectivity index is 1.13. The molecule has 6 rings (SSSR count). The number of carbonyl (C=O) groups is 1. The number of amides is 1. The van der Waals surface area contributed by atoms with Crippen molar-refractivity contribution in [3.8, 4) is 17.2 Å². The Bertz CT molecular complexity index is 1080. The van der Waals surface area contributed by atoms with Crippen LogP contribution >= 0.6 is 0 Å². The fraction of sp³-hybridized carbons (Fsp3) is 0.375. The lowest BCUT2D eigenvalue weighted by atomic mass is 9.93. The fourth-order valence-corrected chi connectivity index (χ4v) is 4.27. The first-order valence-corrected chi connectivity index (χ1v) is 10.7. The summed E-state index contributed by atoms with van der Waals surface area (Å²) in [4.78, 5) is 19.6. The lowest BCUT2D eigenvalue weighted by Gasteiger charge is -2.41. The molecule has 6 heteroatoms. The molecule has 3 aliphatic rings. The zero-order valence-corrected chi connectivity index (χ0v) is 16.7. The van der Waals surface area contributed by atoms with Crippen molar-refractivity contribution in [1.29, 1.82) is 0 Å². The van der Waals surface area contributed by atoms with E-state index < -0.39 is 0 Å². The van der Waals surface area contributed by atoms with Gasteiger partial charge in [-0.3, -0.25) is 4.79 Å². The minimum atomic E-state index is -0.312. The number of hydrogen-bond acceptors (Lipinski definition) is 5. The first kappa shape index (κ1) is 17.7. The number of aromatic nitrogens is 2. The molecule has 3 aromatic rings. The summed E-state index contributed by atoms with van der Waals surface area (Å²) in [6, 6.07) is 17.9. The smallest absolute Gasteiger partial charge is 0.261 e. The number of hydrogen-bond donors (Lipinski definition) is 0. The van der Waals surface area contributed by atoms with Gasteiger partial charge in [0.05, 0.1) is 24.1 Å². The molecular weight excluding hydrogens is 378 g/mol. The van der Waals surface area contributed by atoms with Crippen LogP contribution in [0.4, 0.5) is 0 Å². The van der Waals surface area contributed by atoms with Gasteiger partial charge in [0, 0.05) is 5.92 Å². The third-order valence-corrected chi connectivity index (χ3v) is 6.42. The van der Waals surface area contributed by atoms with Crippen LogP contribution in [0.5, 0.6) is 5.75 Å². The summed E-state index contributed by atoms with van der Waals surface area (Å²) < 4.78 is 11.7. The maximum Gasteiger partial charge on any atom is 0.261 e. The summed E-state index contributed by atoms with van der Waals surface area (Å²) >= 11 is 0. The molecule has 2 aromatic carbocycles. The first-order chi connectivity index (χ1) is 14.7. The lowest BCUT2D eigenvalue weighted by molar-refractivity contribution is -0.142. The zero-order chi connectivity index (χ0) is 20.1. The third kappa shape index (κ3) is 2.98. The topological polar surface area (TPSA) is 68.5 Å². The highest BCUT2D eigenvalue weighted by atomic mass is 16.5. The summed E-state index contributed by atoms with van der Waals surface area (Å²) in [6.07, 6.45) is 4.11. The van der Waals surface area contributed by atoms with E-state index in [1.165, 1.54) is 0 Å². The molecule has 2 saturated carbocycles. The average Bonchev–Trinajstić information content (AvgIpc) is 3.69. The van der Waals surface area contributed by atoms with Gasteiger partial charge in [-0.25, -0.2) is 0 Å². The highest BCUT2D eigenvalue weighted by Gasteiger charge is 2.54. The van der Waals surface area contributed by atoms with Crippen LogP contribution in [0.2, 0.25) is 0 Å². The number of nitrogens with zero attached hydrogens (tertiary/aromatic N) is 3. The number of para-hydroxylation sites is 1. The maximum absolute atomic E-state index is 13.1. The van der Waals surface area contributed by atoms with Crippen LogP contribution < -0.4 is 4.74 Å². The van der Waals surface area contributed by atoms with E-state index >= 15 is 0 Å². The van der Waals surface area contributed by atoms with E-state index in [0.29, 0.717) is 24.9 Å². The normalized spacial score (nSPS) is 19.9.